The summed E-state index contributed by atoms with van der Waals surface area (Å²) in [4.78, 5) is 28.7. The van der Waals surface area contributed by atoms with Crippen molar-refractivity contribution in [2.45, 2.75) is 4.90 Å². The lowest BCUT2D eigenvalue weighted by Crippen LogP contribution is -2.48. The van der Waals surface area contributed by atoms with E-state index in [0.29, 0.717) is 43.0 Å². The van der Waals surface area contributed by atoms with Crippen molar-refractivity contribution >= 4 is 33.2 Å². The topological polar surface area (TPSA) is 87.2 Å². The van der Waals surface area contributed by atoms with Crippen LogP contribution in [0.25, 0.3) is 0 Å². The predicted molar refractivity (Wildman–Crippen MR) is 128 cm³/mol. The van der Waals surface area contributed by atoms with Crippen LogP contribution in [0.1, 0.15) is 20.7 Å². The number of ether oxygens (including phenoxy) is 1. The van der Waals surface area contributed by atoms with E-state index < -0.39 is 21.8 Å². The van der Waals surface area contributed by atoms with Crippen molar-refractivity contribution in [2.24, 2.45) is 0 Å². The SMILES string of the molecule is COc1ccccc1N1CCN(S(=O)(=O)c2ccc(N3C(=O)c4ccccc4C3=O)cc2)CC1. The molecule has 9 heteroatoms. The number of hydrogen-bond donors (Lipinski definition) is 0. The van der Waals surface area contributed by atoms with E-state index in [-0.39, 0.29) is 4.90 Å². The second kappa shape index (κ2) is 8.58. The first-order valence-corrected chi connectivity index (χ1v) is 12.3. The molecular formula is C25H23N3O5S. The van der Waals surface area contributed by atoms with Crippen molar-refractivity contribution in [1.29, 1.82) is 0 Å². The number of fused-ring (bicyclic) bond motifs is 1. The van der Waals surface area contributed by atoms with Crippen molar-refractivity contribution in [3.8, 4) is 5.75 Å². The number of piperazine rings is 1. The second-order valence-corrected chi connectivity index (χ2v) is 9.99. The number of anilines is 2. The maximum Gasteiger partial charge on any atom is 0.266 e. The van der Waals surface area contributed by atoms with Crippen molar-refractivity contribution in [1.82, 2.24) is 4.31 Å². The summed E-state index contributed by atoms with van der Waals surface area (Å²) in [6.07, 6.45) is 0. The van der Waals surface area contributed by atoms with Crippen LogP contribution in [0.5, 0.6) is 5.75 Å². The average molecular weight is 478 g/mol. The minimum atomic E-state index is -3.72. The number of para-hydroxylation sites is 2. The maximum atomic E-state index is 13.2. The second-order valence-electron chi connectivity index (χ2n) is 8.05. The lowest BCUT2D eigenvalue weighted by Gasteiger charge is -2.36. The Kier molecular flexibility index (Phi) is 5.59. The number of carbonyl (C=O) groups excluding carboxylic acids is 2. The zero-order valence-corrected chi connectivity index (χ0v) is 19.4. The van der Waals surface area contributed by atoms with Crippen LogP contribution >= 0.6 is 0 Å². The number of methoxy groups -OCH3 is 1. The molecule has 2 aliphatic heterocycles. The van der Waals surface area contributed by atoms with Crippen LogP contribution in [0.2, 0.25) is 0 Å². The van der Waals surface area contributed by atoms with Gasteiger partial charge in [-0.3, -0.25) is 9.59 Å². The third-order valence-electron chi connectivity index (χ3n) is 6.19. The van der Waals surface area contributed by atoms with Crippen LogP contribution in [0.15, 0.2) is 77.7 Å². The molecule has 1 saturated heterocycles. The number of benzene rings is 3. The van der Waals surface area contributed by atoms with Crippen LogP contribution in [-0.2, 0) is 10.0 Å². The molecule has 1 fully saturated rings. The van der Waals surface area contributed by atoms with E-state index in [2.05, 4.69) is 4.90 Å². The molecule has 0 N–H and O–H groups in total. The van der Waals surface area contributed by atoms with E-state index in [1.807, 2.05) is 24.3 Å². The molecule has 2 heterocycles. The van der Waals surface area contributed by atoms with Gasteiger partial charge in [-0.25, -0.2) is 13.3 Å². The average Bonchev–Trinajstić information content (AvgIpc) is 3.14. The van der Waals surface area contributed by atoms with Gasteiger partial charge < -0.3 is 9.64 Å². The van der Waals surface area contributed by atoms with E-state index in [1.165, 1.54) is 28.6 Å². The van der Waals surface area contributed by atoms with Crippen molar-refractivity contribution in [3.63, 3.8) is 0 Å². The van der Waals surface area contributed by atoms with Crippen LogP contribution in [0.3, 0.4) is 0 Å². The Balaban J connectivity index is 1.31. The molecule has 0 aliphatic carbocycles. The summed E-state index contributed by atoms with van der Waals surface area (Å²) in [5.41, 5.74) is 1.97. The Morgan fingerprint density at radius 2 is 1.29 bits per heavy atom. The zero-order valence-electron chi connectivity index (χ0n) is 18.5. The standard InChI is InChI=1S/C25H23N3O5S/c1-33-23-9-5-4-8-22(23)26-14-16-27(17-15-26)34(31,32)19-12-10-18(11-13-19)28-24(29)20-6-2-3-7-21(20)25(28)30/h2-13H,14-17H2,1H3. The Hall–Kier alpha value is -3.69. The third kappa shape index (κ3) is 3.63. The molecule has 0 unspecified atom stereocenters. The molecule has 34 heavy (non-hydrogen) atoms. The number of amides is 2. The summed E-state index contributed by atoms with van der Waals surface area (Å²) >= 11 is 0. The molecule has 0 atom stereocenters. The lowest BCUT2D eigenvalue weighted by atomic mass is 10.1. The smallest absolute Gasteiger partial charge is 0.266 e. The minimum Gasteiger partial charge on any atom is -0.495 e. The molecule has 0 radical (unpaired) electrons. The number of nitrogens with zero attached hydrogens (tertiary/aromatic N) is 3. The van der Waals surface area contributed by atoms with Crippen molar-refractivity contribution in [2.75, 3.05) is 43.1 Å². The quantitative estimate of drug-likeness (QED) is 0.525. The van der Waals surface area contributed by atoms with Gasteiger partial charge in [0, 0.05) is 26.2 Å². The first kappa shape index (κ1) is 22.1. The number of sulfonamides is 1. The zero-order chi connectivity index (χ0) is 23.9. The van der Waals surface area contributed by atoms with Gasteiger partial charge in [-0.15, -0.1) is 0 Å². The maximum absolute atomic E-state index is 13.2. The van der Waals surface area contributed by atoms with Gasteiger partial charge in [0.1, 0.15) is 5.75 Å². The largest absolute Gasteiger partial charge is 0.495 e. The predicted octanol–water partition coefficient (Wildman–Crippen LogP) is 3.01. The number of carbonyl (C=O) groups is 2. The normalized spacial score (nSPS) is 16.6. The summed E-state index contributed by atoms with van der Waals surface area (Å²) in [7, 11) is -2.10. The molecule has 2 amide bonds. The Morgan fingerprint density at radius 1 is 0.735 bits per heavy atom. The van der Waals surface area contributed by atoms with Crippen LogP contribution < -0.4 is 14.5 Å². The molecule has 2 aliphatic rings. The monoisotopic (exact) mass is 477 g/mol. The molecule has 3 aromatic carbocycles. The van der Waals surface area contributed by atoms with Gasteiger partial charge in [-0.1, -0.05) is 24.3 Å². The molecule has 174 valence electrons. The fourth-order valence-electron chi connectivity index (χ4n) is 4.40. The number of imide groups is 1. The number of hydrogen-bond acceptors (Lipinski definition) is 6. The fourth-order valence-corrected chi connectivity index (χ4v) is 5.82. The van der Waals surface area contributed by atoms with E-state index in [4.69, 9.17) is 4.74 Å². The van der Waals surface area contributed by atoms with Gasteiger partial charge in [0.15, 0.2) is 0 Å². The van der Waals surface area contributed by atoms with Crippen molar-refractivity contribution < 1.29 is 22.7 Å². The summed E-state index contributed by atoms with van der Waals surface area (Å²) in [5, 5.41) is 0. The van der Waals surface area contributed by atoms with Gasteiger partial charge in [0.25, 0.3) is 11.8 Å². The molecule has 3 aromatic rings. The Morgan fingerprint density at radius 3 is 1.88 bits per heavy atom. The highest BCUT2D eigenvalue weighted by Gasteiger charge is 2.36. The summed E-state index contributed by atoms with van der Waals surface area (Å²) in [5.74, 6) is -0.0742. The highest BCUT2D eigenvalue weighted by Crippen LogP contribution is 2.31. The van der Waals surface area contributed by atoms with Gasteiger partial charge in [-0.05, 0) is 48.5 Å². The Labute approximate surface area is 198 Å². The fraction of sp³-hybridized carbons (Fsp3) is 0.200. The molecule has 8 nitrogen and oxygen atoms in total. The Bertz CT molecular complexity index is 1330. The third-order valence-corrected chi connectivity index (χ3v) is 8.10. The highest BCUT2D eigenvalue weighted by molar-refractivity contribution is 7.89. The molecule has 0 bridgehead atoms. The minimum absolute atomic E-state index is 0.124. The molecule has 5 rings (SSSR count). The molecule has 0 spiro atoms. The first-order valence-electron chi connectivity index (χ1n) is 10.9. The summed E-state index contributed by atoms with van der Waals surface area (Å²) < 4.78 is 33.3. The van der Waals surface area contributed by atoms with E-state index in [0.717, 1.165) is 16.3 Å². The van der Waals surface area contributed by atoms with Gasteiger partial charge >= 0.3 is 0 Å². The molecular weight excluding hydrogens is 454 g/mol. The highest BCUT2D eigenvalue weighted by atomic mass is 32.2. The molecule has 0 aromatic heterocycles. The van der Waals surface area contributed by atoms with E-state index in [1.54, 1.807) is 31.4 Å². The summed E-state index contributed by atoms with van der Waals surface area (Å²) in [6.45, 7) is 1.74. The lowest BCUT2D eigenvalue weighted by molar-refractivity contribution is 0.0926. The van der Waals surface area contributed by atoms with Crippen LogP contribution in [0, 0.1) is 0 Å². The van der Waals surface area contributed by atoms with Crippen LogP contribution in [-0.4, -0.2) is 57.8 Å². The van der Waals surface area contributed by atoms with Gasteiger partial charge in [0.05, 0.1) is 34.5 Å². The van der Waals surface area contributed by atoms with Crippen molar-refractivity contribution in [3.05, 3.63) is 83.9 Å². The first-order chi connectivity index (χ1) is 16.4. The summed E-state index contributed by atoms with van der Waals surface area (Å²) in [6, 6.07) is 20.2. The molecule has 0 saturated carbocycles. The van der Waals surface area contributed by atoms with Gasteiger partial charge in [-0.2, -0.15) is 4.31 Å². The van der Waals surface area contributed by atoms with Crippen LogP contribution in [0.4, 0.5) is 11.4 Å². The van der Waals surface area contributed by atoms with E-state index in [9.17, 15) is 18.0 Å². The van der Waals surface area contributed by atoms with Gasteiger partial charge in [0.2, 0.25) is 10.0 Å². The number of rotatable bonds is 5. The van der Waals surface area contributed by atoms with E-state index >= 15 is 0 Å².